The van der Waals surface area contributed by atoms with E-state index < -0.39 is 62.0 Å². The molecule has 0 atom stereocenters. The first-order valence-corrected chi connectivity index (χ1v) is 16.6. The Balaban J connectivity index is 1.66. The predicted molar refractivity (Wildman–Crippen MR) is 163 cm³/mol. The van der Waals surface area contributed by atoms with Crippen LogP contribution in [-0.2, 0) is 39.7 Å². The van der Waals surface area contributed by atoms with Gasteiger partial charge in [0.2, 0.25) is 15.6 Å². The monoisotopic (exact) mass is 644 g/mol. The number of benzene rings is 2. The second kappa shape index (κ2) is 12.5. The summed E-state index contributed by atoms with van der Waals surface area (Å²) >= 11 is 0. The second-order valence-corrected chi connectivity index (χ2v) is 14.2. The van der Waals surface area contributed by atoms with Crippen LogP contribution in [0.2, 0.25) is 0 Å². The van der Waals surface area contributed by atoms with Crippen molar-refractivity contribution < 1.29 is 45.6 Å². The smallest absolute Gasteiger partial charge is 0.329 e. The van der Waals surface area contributed by atoms with Crippen LogP contribution in [0.5, 0.6) is 0 Å². The quantitative estimate of drug-likeness (QED) is 0.272. The predicted octanol–water partition coefficient (Wildman–Crippen LogP) is 3.12. The van der Waals surface area contributed by atoms with E-state index in [-0.39, 0.29) is 28.3 Å². The molecule has 2 aliphatic heterocycles. The van der Waals surface area contributed by atoms with Crippen LogP contribution < -0.4 is 9.80 Å². The Morgan fingerprint density at radius 3 is 2.41 bits per heavy atom. The maximum absolute atomic E-state index is 12.9. The van der Waals surface area contributed by atoms with E-state index in [1.54, 1.807) is 42.5 Å². The van der Waals surface area contributed by atoms with E-state index >= 15 is 0 Å². The van der Waals surface area contributed by atoms with Gasteiger partial charge in [0, 0.05) is 41.6 Å². The molecule has 2 aromatic carbocycles. The number of fused-ring (bicyclic) bond motifs is 2. The Morgan fingerprint density at radius 2 is 1.75 bits per heavy atom. The number of rotatable bonds is 11. The molecule has 1 amide bonds. The number of carboxylic acids is 1. The van der Waals surface area contributed by atoms with E-state index in [1.165, 1.54) is 36.2 Å². The van der Waals surface area contributed by atoms with Crippen LogP contribution in [-0.4, -0.2) is 76.7 Å². The average molecular weight is 645 g/mol. The summed E-state index contributed by atoms with van der Waals surface area (Å²) < 4.78 is 62.8. The summed E-state index contributed by atoms with van der Waals surface area (Å²) in [7, 11) is -6.62. The fourth-order valence-electron chi connectivity index (χ4n) is 5.20. The molecule has 0 saturated heterocycles. The van der Waals surface area contributed by atoms with Crippen LogP contribution in [0.15, 0.2) is 82.3 Å². The van der Waals surface area contributed by atoms with Gasteiger partial charge in [0.05, 0.1) is 10.6 Å². The number of hydrogen-bond donors (Lipinski definition) is 2. The fourth-order valence-corrected chi connectivity index (χ4v) is 7.25. The maximum atomic E-state index is 12.9. The number of aliphatic carboxylic acids is 1. The van der Waals surface area contributed by atoms with Gasteiger partial charge in [0.1, 0.15) is 18.1 Å². The molecule has 14 heteroatoms. The number of carbonyl (C=O) groups excluding carboxylic acids is 2. The van der Waals surface area contributed by atoms with Crippen molar-refractivity contribution in [2.75, 3.05) is 42.4 Å². The van der Waals surface area contributed by atoms with Gasteiger partial charge < -0.3 is 19.6 Å². The molecule has 0 aliphatic carbocycles. The number of nitrogens with zero attached hydrogens (tertiary/aromatic N) is 2. The molecule has 2 N–H and O–H groups in total. The molecular formula is C30H32N2O10S2. The molecule has 0 unspecified atom stereocenters. The number of carbonyl (C=O) groups is 3. The third kappa shape index (κ3) is 6.68. The molecule has 0 saturated carbocycles. The molecule has 2 aromatic rings. The second-order valence-electron chi connectivity index (χ2n) is 10.8. The standard InChI is InChI=1S/C30H32N2O10S2/c1-30(2)22-17-20(31(3)27(33)18-42-19-28(34)35)13-14-23(22)32(15-8-16-43(37,38)39)26(30)12-7-6-11-25-29(36)21-9-4-5-10-24(21)44(25,40)41/h4-7,9-14,17H,8,15-16,18-19H2,1-3H3,(H,34,35)(H,37,38,39)/b7-6+,25-11-,26-12-. The highest BCUT2D eigenvalue weighted by Gasteiger charge is 2.41. The topological polar surface area (TPSA) is 176 Å². The number of allylic oxidation sites excluding steroid dienone is 6. The van der Waals surface area contributed by atoms with Gasteiger partial charge >= 0.3 is 5.97 Å². The van der Waals surface area contributed by atoms with E-state index in [4.69, 9.17) is 9.84 Å². The third-order valence-corrected chi connectivity index (χ3v) is 10.1. The molecule has 4 rings (SSSR count). The van der Waals surface area contributed by atoms with E-state index in [2.05, 4.69) is 0 Å². The van der Waals surface area contributed by atoms with Crippen molar-refractivity contribution in [1.29, 1.82) is 0 Å². The Hall–Kier alpha value is -4.11. The average Bonchev–Trinajstić information content (AvgIpc) is 3.27. The lowest BCUT2D eigenvalue weighted by molar-refractivity contribution is -0.143. The highest BCUT2D eigenvalue weighted by molar-refractivity contribution is 7.97. The third-order valence-electron chi connectivity index (χ3n) is 7.42. The van der Waals surface area contributed by atoms with E-state index in [0.29, 0.717) is 5.69 Å². The summed E-state index contributed by atoms with van der Waals surface area (Å²) in [6, 6.07) is 11.3. The molecule has 44 heavy (non-hydrogen) atoms. The van der Waals surface area contributed by atoms with Gasteiger partial charge in [0.25, 0.3) is 16.0 Å². The number of ketones is 1. The maximum Gasteiger partial charge on any atom is 0.329 e. The van der Waals surface area contributed by atoms with Gasteiger partial charge in [-0.2, -0.15) is 8.42 Å². The minimum atomic E-state index is -4.20. The molecule has 12 nitrogen and oxygen atoms in total. The van der Waals surface area contributed by atoms with Gasteiger partial charge in [-0.15, -0.1) is 0 Å². The lowest BCUT2D eigenvalue weighted by Gasteiger charge is -2.27. The molecule has 234 valence electrons. The largest absolute Gasteiger partial charge is 0.480 e. The van der Waals surface area contributed by atoms with E-state index in [9.17, 15) is 35.8 Å². The number of sulfone groups is 1. The molecule has 0 bridgehead atoms. The lowest BCUT2D eigenvalue weighted by Crippen LogP contribution is -2.31. The van der Waals surface area contributed by atoms with Crippen molar-refractivity contribution in [3.8, 4) is 0 Å². The molecular weight excluding hydrogens is 612 g/mol. The number of carboxylic acid groups (broad SMARTS) is 1. The normalized spacial score (nSPS) is 18.6. The summed E-state index contributed by atoms with van der Waals surface area (Å²) in [5, 5.41) is 8.75. The summed E-state index contributed by atoms with van der Waals surface area (Å²) in [5.74, 6) is -2.70. The number of ether oxygens (including phenoxy) is 1. The van der Waals surface area contributed by atoms with Gasteiger partial charge in [0.15, 0.2) is 0 Å². The number of hydrogen-bond acceptors (Lipinski definition) is 9. The number of Topliss-reactive ketones (excluding diaryl/α,β-unsaturated/α-hetero) is 1. The zero-order valence-corrected chi connectivity index (χ0v) is 25.9. The van der Waals surface area contributed by atoms with Gasteiger partial charge in [-0.05, 0) is 54.5 Å². The minimum absolute atomic E-state index is 0.0342. The highest BCUT2D eigenvalue weighted by Crippen LogP contribution is 2.49. The van der Waals surface area contributed by atoms with E-state index in [1.807, 2.05) is 18.7 Å². The Bertz CT molecular complexity index is 1820. The van der Waals surface area contributed by atoms with Crippen LogP contribution in [0.1, 0.15) is 36.2 Å². The fraction of sp³-hybridized carbons (Fsp3) is 0.300. The summed E-state index contributed by atoms with van der Waals surface area (Å²) in [5.41, 5.74) is 2.21. The molecule has 2 heterocycles. The molecule has 0 spiro atoms. The number of anilines is 2. The molecule has 0 radical (unpaired) electrons. The first-order valence-electron chi connectivity index (χ1n) is 13.5. The summed E-state index contributed by atoms with van der Waals surface area (Å²) in [6.45, 7) is 3.03. The van der Waals surface area contributed by atoms with Crippen LogP contribution >= 0.6 is 0 Å². The van der Waals surface area contributed by atoms with Crippen LogP contribution in [0.4, 0.5) is 11.4 Å². The van der Waals surface area contributed by atoms with Crippen molar-refractivity contribution >= 4 is 49.0 Å². The van der Waals surface area contributed by atoms with Gasteiger partial charge in [-0.1, -0.05) is 38.1 Å². The van der Waals surface area contributed by atoms with Crippen molar-refractivity contribution in [1.82, 2.24) is 0 Å². The Labute approximate surface area is 255 Å². The van der Waals surface area contributed by atoms with Gasteiger partial charge in [-0.3, -0.25) is 14.1 Å². The Morgan fingerprint density at radius 1 is 1.07 bits per heavy atom. The summed E-state index contributed by atoms with van der Waals surface area (Å²) in [4.78, 5) is 38.9. The summed E-state index contributed by atoms with van der Waals surface area (Å²) in [6.07, 6.45) is 6.13. The number of amides is 1. The van der Waals surface area contributed by atoms with Crippen LogP contribution in [0, 0.1) is 0 Å². The zero-order chi connectivity index (χ0) is 32.4. The van der Waals surface area contributed by atoms with Crippen molar-refractivity contribution in [2.24, 2.45) is 0 Å². The zero-order valence-electron chi connectivity index (χ0n) is 24.3. The Kier molecular flexibility index (Phi) is 9.30. The first-order chi connectivity index (χ1) is 20.6. The lowest BCUT2D eigenvalue weighted by atomic mass is 9.83. The molecule has 2 aliphatic rings. The van der Waals surface area contributed by atoms with Crippen LogP contribution in [0.25, 0.3) is 0 Å². The van der Waals surface area contributed by atoms with Crippen molar-refractivity contribution in [2.45, 2.75) is 30.6 Å². The van der Waals surface area contributed by atoms with Gasteiger partial charge in [-0.25, -0.2) is 13.2 Å². The first kappa shape index (κ1) is 32.8. The van der Waals surface area contributed by atoms with Crippen LogP contribution in [0.3, 0.4) is 0 Å². The van der Waals surface area contributed by atoms with Crippen molar-refractivity contribution in [3.63, 3.8) is 0 Å². The van der Waals surface area contributed by atoms with Crippen molar-refractivity contribution in [3.05, 3.63) is 88.5 Å². The minimum Gasteiger partial charge on any atom is -0.480 e. The molecule has 0 aromatic heterocycles. The van der Waals surface area contributed by atoms with E-state index in [0.717, 1.165) is 16.9 Å². The molecule has 0 fully saturated rings. The highest BCUT2D eigenvalue weighted by atomic mass is 32.2. The SMILES string of the molecule is CN(C(=O)COCC(=O)O)c1ccc2c(c1)C(C)(C)/C(=C/C=C/C=C1/C(=O)c3ccccc3S1(=O)=O)N2CCCS(=O)(=O)O. The number of likely N-dealkylation sites (N-methyl/N-ethyl adjacent to an activating group) is 1.